The van der Waals surface area contributed by atoms with Crippen LogP contribution in [0.25, 0.3) is 0 Å². The second kappa shape index (κ2) is 7.80. The van der Waals surface area contributed by atoms with Gasteiger partial charge in [0.25, 0.3) is 0 Å². The molecule has 6 heteroatoms. The van der Waals surface area contributed by atoms with Crippen molar-refractivity contribution in [1.82, 2.24) is 4.98 Å². The number of anilines is 4. The van der Waals surface area contributed by atoms with Crippen LogP contribution in [0.4, 0.5) is 22.3 Å². The third-order valence-electron chi connectivity index (χ3n) is 4.74. The van der Waals surface area contributed by atoms with Crippen molar-refractivity contribution in [2.75, 3.05) is 29.0 Å². The number of carbonyl (C=O) groups excluding carboxylic acids is 1. The van der Waals surface area contributed by atoms with E-state index in [1.165, 1.54) is 36.3 Å². The smallest absolute Gasteiger partial charge is 0.206 e. The Kier molecular flexibility index (Phi) is 5.07. The largest absolute Gasteiger partial charge is 0.382 e. The number of rotatable bonds is 5. The Balaban J connectivity index is 1.48. The molecule has 3 N–H and O–H groups in total. The normalized spacial score (nSPS) is 14.1. The van der Waals surface area contributed by atoms with E-state index in [9.17, 15) is 4.79 Å². The van der Waals surface area contributed by atoms with Gasteiger partial charge in [-0.15, -0.1) is 0 Å². The molecular formula is C21H22N4OS. The molecule has 5 nitrogen and oxygen atoms in total. The Hall–Kier alpha value is -2.86. The summed E-state index contributed by atoms with van der Waals surface area (Å²) in [4.78, 5) is 19.8. The van der Waals surface area contributed by atoms with Gasteiger partial charge in [-0.3, -0.25) is 4.79 Å². The first kappa shape index (κ1) is 17.5. The van der Waals surface area contributed by atoms with E-state index in [1.54, 1.807) is 12.1 Å². The number of nitrogens with zero attached hydrogens (tertiary/aromatic N) is 2. The molecule has 0 aliphatic carbocycles. The summed E-state index contributed by atoms with van der Waals surface area (Å²) in [5, 5.41) is 3.88. The van der Waals surface area contributed by atoms with Crippen molar-refractivity contribution in [3.63, 3.8) is 0 Å². The zero-order chi connectivity index (χ0) is 18.6. The summed E-state index contributed by atoms with van der Waals surface area (Å²) in [6.07, 6.45) is 3.85. The van der Waals surface area contributed by atoms with Gasteiger partial charge < -0.3 is 16.0 Å². The first-order valence-electron chi connectivity index (χ1n) is 9.19. The van der Waals surface area contributed by atoms with Crippen LogP contribution < -0.4 is 16.0 Å². The molecule has 1 fully saturated rings. The molecule has 0 bridgehead atoms. The molecule has 2 aromatic carbocycles. The number of thiazole rings is 1. The minimum Gasteiger partial charge on any atom is -0.382 e. The van der Waals surface area contributed by atoms with Crippen molar-refractivity contribution >= 4 is 39.4 Å². The first-order valence-corrected chi connectivity index (χ1v) is 10.0. The monoisotopic (exact) mass is 378 g/mol. The number of hydrogen-bond acceptors (Lipinski definition) is 6. The van der Waals surface area contributed by atoms with Crippen LogP contribution in [0.1, 0.15) is 34.5 Å². The molecule has 3 aromatic rings. The van der Waals surface area contributed by atoms with Crippen LogP contribution in [0, 0.1) is 0 Å². The van der Waals surface area contributed by atoms with Crippen LogP contribution in [-0.2, 0) is 0 Å². The van der Waals surface area contributed by atoms with Crippen molar-refractivity contribution in [3.05, 3.63) is 65.0 Å². The number of ketones is 1. The summed E-state index contributed by atoms with van der Waals surface area (Å²) in [7, 11) is 0. The molecule has 0 saturated carbocycles. The number of aromatic nitrogens is 1. The average molecular weight is 379 g/mol. The maximum atomic E-state index is 12.6. The predicted octanol–water partition coefficient (Wildman–Crippen LogP) is 4.69. The van der Waals surface area contributed by atoms with Gasteiger partial charge in [-0.2, -0.15) is 0 Å². The third-order valence-corrected chi connectivity index (χ3v) is 5.72. The molecular weight excluding hydrogens is 356 g/mol. The Labute approximate surface area is 162 Å². The summed E-state index contributed by atoms with van der Waals surface area (Å²) in [5.41, 5.74) is 8.79. The molecule has 1 saturated heterocycles. The van der Waals surface area contributed by atoms with Crippen LogP contribution in [-0.4, -0.2) is 23.9 Å². The van der Waals surface area contributed by atoms with Gasteiger partial charge >= 0.3 is 0 Å². The van der Waals surface area contributed by atoms with E-state index < -0.39 is 0 Å². The minimum absolute atomic E-state index is 0.0981. The van der Waals surface area contributed by atoms with Crippen molar-refractivity contribution < 1.29 is 4.79 Å². The van der Waals surface area contributed by atoms with Crippen LogP contribution in [0.3, 0.4) is 0 Å². The van der Waals surface area contributed by atoms with Crippen molar-refractivity contribution in [2.45, 2.75) is 19.3 Å². The van der Waals surface area contributed by atoms with Crippen LogP contribution in [0.5, 0.6) is 0 Å². The highest BCUT2D eigenvalue weighted by Crippen LogP contribution is 2.30. The summed E-state index contributed by atoms with van der Waals surface area (Å²) in [6.45, 7) is 2.25. The van der Waals surface area contributed by atoms with Crippen molar-refractivity contribution in [3.8, 4) is 0 Å². The molecule has 0 unspecified atom stereocenters. The van der Waals surface area contributed by atoms with E-state index in [4.69, 9.17) is 5.73 Å². The lowest BCUT2D eigenvalue weighted by Gasteiger charge is -2.28. The minimum atomic E-state index is -0.0981. The zero-order valence-corrected chi connectivity index (χ0v) is 15.8. The van der Waals surface area contributed by atoms with Gasteiger partial charge in [-0.1, -0.05) is 41.7 Å². The molecule has 138 valence electrons. The maximum absolute atomic E-state index is 12.6. The molecule has 4 rings (SSSR count). The number of nitrogens with one attached hydrogen (secondary N) is 1. The van der Waals surface area contributed by atoms with Crippen LogP contribution >= 0.6 is 11.3 Å². The number of nitrogens with two attached hydrogens (primary N) is 1. The SMILES string of the molecule is Nc1nc(Nc2ccc(N3CCCCC3)cc2)sc1C(=O)c1ccccc1. The van der Waals surface area contributed by atoms with E-state index in [0.29, 0.717) is 15.6 Å². The fourth-order valence-electron chi connectivity index (χ4n) is 3.30. The zero-order valence-electron chi connectivity index (χ0n) is 15.0. The van der Waals surface area contributed by atoms with E-state index in [2.05, 4.69) is 27.3 Å². The molecule has 1 aromatic heterocycles. The van der Waals surface area contributed by atoms with Gasteiger partial charge in [0.05, 0.1) is 0 Å². The highest BCUT2D eigenvalue weighted by Gasteiger charge is 2.18. The molecule has 0 amide bonds. The topological polar surface area (TPSA) is 71.2 Å². The molecule has 0 atom stereocenters. The Bertz CT molecular complexity index is 915. The number of benzene rings is 2. The molecule has 0 spiro atoms. The van der Waals surface area contributed by atoms with Crippen LogP contribution in [0.2, 0.25) is 0 Å². The Morgan fingerprint density at radius 2 is 1.70 bits per heavy atom. The van der Waals surface area contributed by atoms with Gasteiger partial charge in [-0.25, -0.2) is 4.98 Å². The molecule has 1 aliphatic rings. The number of hydrogen-bond donors (Lipinski definition) is 2. The summed E-state index contributed by atoms with van der Waals surface area (Å²) in [5.74, 6) is 0.167. The van der Waals surface area contributed by atoms with Crippen molar-refractivity contribution in [2.24, 2.45) is 0 Å². The van der Waals surface area contributed by atoms with Gasteiger partial charge in [0, 0.05) is 30.0 Å². The molecule has 1 aliphatic heterocycles. The van der Waals surface area contributed by atoms with Gasteiger partial charge in [0.2, 0.25) is 5.78 Å². The van der Waals surface area contributed by atoms with Crippen molar-refractivity contribution in [1.29, 1.82) is 0 Å². The third kappa shape index (κ3) is 3.95. The Morgan fingerprint density at radius 3 is 2.41 bits per heavy atom. The predicted molar refractivity (Wildman–Crippen MR) is 112 cm³/mol. The number of piperidine rings is 1. The lowest BCUT2D eigenvalue weighted by atomic mass is 10.1. The lowest BCUT2D eigenvalue weighted by molar-refractivity contribution is 0.104. The summed E-state index contributed by atoms with van der Waals surface area (Å²) >= 11 is 1.28. The summed E-state index contributed by atoms with van der Waals surface area (Å²) < 4.78 is 0. The van der Waals surface area contributed by atoms with Crippen LogP contribution in [0.15, 0.2) is 54.6 Å². The fourth-order valence-corrected chi connectivity index (χ4v) is 4.17. The average Bonchev–Trinajstić information content (AvgIpc) is 3.09. The quantitative estimate of drug-likeness (QED) is 0.630. The fraction of sp³-hybridized carbons (Fsp3) is 0.238. The molecule has 27 heavy (non-hydrogen) atoms. The van der Waals surface area contributed by atoms with E-state index >= 15 is 0 Å². The number of carbonyl (C=O) groups is 1. The molecule has 2 heterocycles. The lowest BCUT2D eigenvalue weighted by Crippen LogP contribution is -2.29. The maximum Gasteiger partial charge on any atom is 0.206 e. The first-order chi connectivity index (χ1) is 13.2. The highest BCUT2D eigenvalue weighted by atomic mass is 32.1. The number of nitrogen functional groups attached to an aromatic ring is 1. The summed E-state index contributed by atoms with van der Waals surface area (Å²) in [6, 6.07) is 17.5. The van der Waals surface area contributed by atoms with Gasteiger partial charge in [-0.05, 0) is 43.5 Å². The Morgan fingerprint density at radius 1 is 1.00 bits per heavy atom. The highest BCUT2D eigenvalue weighted by molar-refractivity contribution is 7.18. The van der Waals surface area contributed by atoms with E-state index in [-0.39, 0.29) is 11.6 Å². The molecule has 0 radical (unpaired) electrons. The second-order valence-electron chi connectivity index (χ2n) is 6.65. The second-order valence-corrected chi connectivity index (χ2v) is 7.65. The van der Waals surface area contributed by atoms with Gasteiger partial charge in [0.1, 0.15) is 10.7 Å². The van der Waals surface area contributed by atoms with E-state index in [0.717, 1.165) is 18.8 Å². The standard InChI is InChI=1S/C21H22N4OS/c22-20-19(18(26)15-7-3-1-4-8-15)27-21(24-20)23-16-9-11-17(12-10-16)25-13-5-2-6-14-25/h1,3-4,7-12H,2,5-6,13-14,22H2,(H,23,24). The van der Waals surface area contributed by atoms with E-state index in [1.807, 2.05) is 30.3 Å². The van der Waals surface area contributed by atoms with Gasteiger partial charge in [0.15, 0.2) is 5.13 Å².